The van der Waals surface area contributed by atoms with E-state index in [-0.39, 0.29) is 24.1 Å². The summed E-state index contributed by atoms with van der Waals surface area (Å²) >= 11 is 3.68. The van der Waals surface area contributed by atoms with E-state index in [4.69, 9.17) is 0 Å². The molecule has 6 nitrogen and oxygen atoms in total. The minimum absolute atomic E-state index is 0.0949. The van der Waals surface area contributed by atoms with Gasteiger partial charge in [0.05, 0.1) is 0 Å². The lowest BCUT2D eigenvalue weighted by Crippen LogP contribution is -2.62. The van der Waals surface area contributed by atoms with Crippen LogP contribution in [0.2, 0.25) is 0 Å². The zero-order chi connectivity index (χ0) is 18.8. The quantitative estimate of drug-likeness (QED) is 0.585. The van der Waals surface area contributed by atoms with Crippen LogP contribution in [0.25, 0.3) is 0 Å². The molecule has 3 heterocycles. The third kappa shape index (κ3) is 2.83. The van der Waals surface area contributed by atoms with Gasteiger partial charge in [-0.1, -0.05) is 28.1 Å². The summed E-state index contributed by atoms with van der Waals surface area (Å²) in [5, 5.41) is 2.36. The number of hydrogen-bond donors (Lipinski definition) is 1. The molecule has 7 heteroatoms. The second kappa shape index (κ2) is 6.14. The van der Waals surface area contributed by atoms with Gasteiger partial charge in [-0.3, -0.25) is 24.6 Å². The Kier molecular flexibility index (Phi) is 3.95. The summed E-state index contributed by atoms with van der Waals surface area (Å²) in [7, 11) is 0. The van der Waals surface area contributed by atoms with Crippen molar-refractivity contribution in [3.05, 3.63) is 34.9 Å². The van der Waals surface area contributed by atoms with E-state index in [9.17, 15) is 14.4 Å². The summed E-state index contributed by atoms with van der Waals surface area (Å²) in [6.07, 6.45) is 3.21. The average molecular weight is 432 g/mol. The predicted octanol–water partition coefficient (Wildman–Crippen LogP) is 1.81. The van der Waals surface area contributed by atoms with Crippen molar-refractivity contribution in [1.29, 1.82) is 0 Å². The van der Waals surface area contributed by atoms with Crippen molar-refractivity contribution >= 4 is 33.7 Å². The fraction of sp³-hybridized carbons (Fsp3) is 0.550. The second-order valence-corrected chi connectivity index (χ2v) is 9.79. The van der Waals surface area contributed by atoms with E-state index >= 15 is 0 Å². The van der Waals surface area contributed by atoms with Crippen molar-refractivity contribution in [2.45, 2.75) is 49.6 Å². The molecule has 1 aliphatic carbocycles. The molecule has 142 valence electrons. The molecule has 1 aromatic rings. The van der Waals surface area contributed by atoms with Crippen LogP contribution < -0.4 is 5.32 Å². The second-order valence-electron chi connectivity index (χ2n) is 8.49. The molecule has 1 unspecified atom stereocenters. The number of nitrogens with zero attached hydrogens (tertiary/aromatic N) is 2. The summed E-state index contributed by atoms with van der Waals surface area (Å²) in [4.78, 5) is 41.3. The first-order valence-electron chi connectivity index (χ1n) is 9.56. The number of carbonyl (C=O) groups excluding carboxylic acids is 3. The maximum atomic E-state index is 12.9. The third-order valence-electron chi connectivity index (χ3n) is 6.50. The summed E-state index contributed by atoms with van der Waals surface area (Å²) in [6.45, 7) is 3.57. The normalized spacial score (nSPS) is 27.4. The molecule has 4 aliphatic rings. The first-order chi connectivity index (χ1) is 12.9. The van der Waals surface area contributed by atoms with Crippen molar-refractivity contribution in [3.63, 3.8) is 0 Å². The molecule has 0 radical (unpaired) electrons. The zero-order valence-corrected chi connectivity index (χ0v) is 16.6. The molecule has 1 atom stereocenters. The van der Waals surface area contributed by atoms with Gasteiger partial charge in [0.25, 0.3) is 5.91 Å². The topological polar surface area (TPSA) is 69.7 Å². The van der Waals surface area contributed by atoms with E-state index in [0.717, 1.165) is 25.2 Å². The molecule has 1 spiro atoms. The van der Waals surface area contributed by atoms with Gasteiger partial charge in [0.2, 0.25) is 11.8 Å². The molecule has 2 saturated heterocycles. The molecular weight excluding hydrogens is 410 g/mol. The van der Waals surface area contributed by atoms with Gasteiger partial charge in [-0.25, -0.2) is 0 Å². The highest BCUT2D eigenvalue weighted by atomic mass is 79.9. The molecular formula is C20H22BrN3O3. The molecule has 1 aromatic carbocycles. The molecule has 3 aliphatic heterocycles. The Labute approximate surface area is 166 Å². The van der Waals surface area contributed by atoms with Crippen LogP contribution in [-0.2, 0) is 22.7 Å². The van der Waals surface area contributed by atoms with Gasteiger partial charge >= 0.3 is 0 Å². The fourth-order valence-electron chi connectivity index (χ4n) is 5.19. The van der Waals surface area contributed by atoms with Crippen LogP contribution in [0.15, 0.2) is 18.2 Å². The maximum Gasteiger partial charge on any atom is 0.255 e. The Hall–Kier alpha value is -1.73. The lowest BCUT2D eigenvalue weighted by Gasteiger charge is -2.58. The highest BCUT2D eigenvalue weighted by molar-refractivity contribution is 9.09. The summed E-state index contributed by atoms with van der Waals surface area (Å²) in [6, 6.07) is 5.34. The Morgan fingerprint density at radius 3 is 2.67 bits per heavy atom. The summed E-state index contributed by atoms with van der Waals surface area (Å²) in [5.41, 5.74) is 3.44. The molecule has 5 rings (SSSR count). The summed E-state index contributed by atoms with van der Waals surface area (Å²) < 4.78 is 0. The summed E-state index contributed by atoms with van der Waals surface area (Å²) in [5.74, 6) is -0.704. The van der Waals surface area contributed by atoms with Gasteiger partial charge in [-0.15, -0.1) is 0 Å². The van der Waals surface area contributed by atoms with E-state index in [2.05, 4.69) is 32.2 Å². The molecule has 0 bridgehead atoms. The van der Waals surface area contributed by atoms with Crippen molar-refractivity contribution in [2.24, 2.45) is 5.41 Å². The number of piperidine rings is 1. The van der Waals surface area contributed by atoms with Gasteiger partial charge in [0.1, 0.15) is 6.04 Å². The van der Waals surface area contributed by atoms with Gasteiger partial charge < -0.3 is 4.90 Å². The number of likely N-dealkylation sites (tertiary alicyclic amines) is 1. The van der Waals surface area contributed by atoms with Crippen molar-refractivity contribution < 1.29 is 14.4 Å². The number of imide groups is 1. The zero-order valence-electron chi connectivity index (χ0n) is 15.0. The third-order valence-corrected chi connectivity index (χ3v) is 7.15. The van der Waals surface area contributed by atoms with Crippen LogP contribution in [0, 0.1) is 5.41 Å². The fourth-order valence-corrected chi connectivity index (χ4v) is 6.56. The smallest absolute Gasteiger partial charge is 0.255 e. The Balaban J connectivity index is 1.31. The highest BCUT2D eigenvalue weighted by Gasteiger charge is 2.51. The number of hydrogen-bond acceptors (Lipinski definition) is 4. The van der Waals surface area contributed by atoms with Crippen molar-refractivity contribution in [3.8, 4) is 0 Å². The van der Waals surface area contributed by atoms with Crippen LogP contribution in [0.1, 0.15) is 47.2 Å². The van der Waals surface area contributed by atoms with Crippen LogP contribution in [0.3, 0.4) is 0 Å². The maximum absolute atomic E-state index is 12.9. The van der Waals surface area contributed by atoms with E-state index in [0.29, 0.717) is 28.8 Å². The molecule has 3 amide bonds. The SMILES string of the molecule is O=C1CCC(N2Cc3c(CN4CC5(CC(Br)C5)C4)cccc3C2=O)C(=O)N1. The number of carbonyl (C=O) groups is 3. The number of amides is 3. The number of benzene rings is 1. The molecule has 27 heavy (non-hydrogen) atoms. The number of halogens is 1. The first kappa shape index (κ1) is 17.4. The van der Waals surface area contributed by atoms with E-state index in [1.807, 2.05) is 12.1 Å². The largest absolute Gasteiger partial charge is 0.322 e. The van der Waals surface area contributed by atoms with Gasteiger partial charge in [0, 0.05) is 43.0 Å². The Morgan fingerprint density at radius 1 is 1.19 bits per heavy atom. The van der Waals surface area contributed by atoms with Crippen molar-refractivity contribution in [1.82, 2.24) is 15.1 Å². The number of fused-ring (bicyclic) bond motifs is 1. The van der Waals surface area contributed by atoms with Crippen molar-refractivity contribution in [2.75, 3.05) is 13.1 Å². The molecule has 0 aromatic heterocycles. The highest BCUT2D eigenvalue weighted by Crippen LogP contribution is 2.51. The minimum Gasteiger partial charge on any atom is -0.322 e. The molecule has 3 fully saturated rings. The van der Waals surface area contributed by atoms with Crippen LogP contribution in [-0.4, -0.2) is 51.5 Å². The standard InChI is InChI=1S/C20H22BrN3O3/c21-13-6-20(7-13)10-23(11-20)8-12-2-1-3-14-15(12)9-24(19(14)27)16-4-5-17(25)22-18(16)26/h1-3,13,16H,4-11H2,(H,22,25,26). The van der Waals surface area contributed by atoms with Crippen LogP contribution in [0.4, 0.5) is 0 Å². The molecule has 1 N–H and O–H groups in total. The van der Waals surface area contributed by atoms with Crippen LogP contribution >= 0.6 is 15.9 Å². The average Bonchev–Trinajstić information content (AvgIpc) is 2.90. The Bertz CT molecular complexity index is 841. The first-order valence-corrected chi connectivity index (χ1v) is 10.5. The minimum atomic E-state index is -0.548. The van der Waals surface area contributed by atoms with E-state index in [1.165, 1.54) is 18.4 Å². The van der Waals surface area contributed by atoms with Crippen LogP contribution in [0.5, 0.6) is 0 Å². The van der Waals surface area contributed by atoms with Gasteiger partial charge in [0.15, 0.2) is 0 Å². The monoisotopic (exact) mass is 431 g/mol. The predicted molar refractivity (Wildman–Crippen MR) is 102 cm³/mol. The van der Waals surface area contributed by atoms with E-state index in [1.54, 1.807) is 4.90 Å². The Morgan fingerprint density at radius 2 is 1.96 bits per heavy atom. The lowest BCUT2D eigenvalue weighted by atomic mass is 9.63. The van der Waals surface area contributed by atoms with Gasteiger partial charge in [-0.2, -0.15) is 0 Å². The van der Waals surface area contributed by atoms with E-state index < -0.39 is 6.04 Å². The molecule has 1 saturated carbocycles. The number of nitrogens with one attached hydrogen (secondary N) is 1. The van der Waals surface area contributed by atoms with Gasteiger partial charge in [-0.05, 0) is 41.9 Å². The number of alkyl halides is 1. The lowest BCUT2D eigenvalue weighted by molar-refractivity contribution is -0.136. The number of rotatable bonds is 3.